The van der Waals surface area contributed by atoms with Gasteiger partial charge in [-0.3, -0.25) is 4.79 Å². The van der Waals surface area contributed by atoms with E-state index in [0.717, 1.165) is 10.4 Å². The number of methoxy groups -OCH3 is 1. The SMILES string of the molecule is COC(=O)CCN(C)S(=O)(=O)c1cccc(F)c1N. The summed E-state index contributed by atoms with van der Waals surface area (Å²) in [7, 11) is -1.45. The molecule has 1 rings (SSSR count). The lowest BCUT2D eigenvalue weighted by molar-refractivity contribution is -0.140. The number of nitrogens with two attached hydrogens (primary N) is 1. The summed E-state index contributed by atoms with van der Waals surface area (Å²) in [5, 5.41) is 0. The van der Waals surface area contributed by atoms with Gasteiger partial charge >= 0.3 is 5.97 Å². The molecule has 0 fully saturated rings. The molecule has 6 nitrogen and oxygen atoms in total. The quantitative estimate of drug-likeness (QED) is 0.633. The number of nitrogen functional groups attached to an aromatic ring is 1. The van der Waals surface area contributed by atoms with E-state index in [1.54, 1.807) is 0 Å². The predicted octanol–water partition coefficient (Wildman–Crippen LogP) is 0.591. The monoisotopic (exact) mass is 290 g/mol. The van der Waals surface area contributed by atoms with Crippen LogP contribution >= 0.6 is 0 Å². The number of benzene rings is 1. The lowest BCUT2D eigenvalue weighted by Crippen LogP contribution is -2.30. The molecule has 0 saturated carbocycles. The van der Waals surface area contributed by atoms with E-state index in [-0.39, 0.29) is 17.9 Å². The number of para-hydroxylation sites is 1. The first kappa shape index (κ1) is 15.4. The number of hydrogen-bond acceptors (Lipinski definition) is 5. The van der Waals surface area contributed by atoms with E-state index < -0.39 is 27.5 Å². The molecule has 1 aromatic carbocycles. The molecular weight excluding hydrogens is 275 g/mol. The number of ether oxygens (including phenoxy) is 1. The van der Waals surface area contributed by atoms with Crippen LogP contribution in [0.5, 0.6) is 0 Å². The number of nitrogens with zero attached hydrogens (tertiary/aromatic N) is 1. The van der Waals surface area contributed by atoms with Gasteiger partial charge in [0.25, 0.3) is 0 Å². The van der Waals surface area contributed by atoms with Crippen LogP contribution < -0.4 is 5.73 Å². The number of anilines is 1. The van der Waals surface area contributed by atoms with Gasteiger partial charge in [-0.15, -0.1) is 0 Å². The van der Waals surface area contributed by atoms with Crippen LogP contribution in [0.15, 0.2) is 23.1 Å². The molecule has 0 aliphatic carbocycles. The number of hydrogen-bond donors (Lipinski definition) is 1. The molecule has 8 heteroatoms. The Labute approximate surface area is 111 Å². The summed E-state index contributed by atoms with van der Waals surface area (Å²) in [6.07, 6.45) is -0.0958. The van der Waals surface area contributed by atoms with Gasteiger partial charge < -0.3 is 10.5 Å². The van der Waals surface area contributed by atoms with Crippen molar-refractivity contribution in [2.75, 3.05) is 26.4 Å². The van der Waals surface area contributed by atoms with Crippen LogP contribution in [0.2, 0.25) is 0 Å². The zero-order valence-electron chi connectivity index (χ0n) is 10.6. The van der Waals surface area contributed by atoms with E-state index in [1.165, 1.54) is 26.3 Å². The summed E-state index contributed by atoms with van der Waals surface area (Å²) in [5.74, 6) is -1.34. The Bertz CT molecular complexity index is 574. The molecule has 106 valence electrons. The lowest BCUT2D eigenvalue weighted by Gasteiger charge is -2.17. The minimum absolute atomic E-state index is 0.0784. The molecular formula is C11H15FN2O4S. The fourth-order valence-corrected chi connectivity index (χ4v) is 2.67. The van der Waals surface area contributed by atoms with Crippen molar-refractivity contribution in [2.24, 2.45) is 0 Å². The molecule has 0 spiro atoms. The fourth-order valence-electron chi connectivity index (χ4n) is 1.38. The molecule has 0 atom stereocenters. The number of carbonyl (C=O) groups is 1. The summed E-state index contributed by atoms with van der Waals surface area (Å²) in [6.45, 7) is -0.0784. The Balaban J connectivity index is 2.97. The van der Waals surface area contributed by atoms with Crippen molar-refractivity contribution in [1.82, 2.24) is 4.31 Å². The second-order valence-electron chi connectivity index (χ2n) is 3.80. The average Bonchev–Trinajstić information content (AvgIpc) is 2.38. The summed E-state index contributed by atoms with van der Waals surface area (Å²) < 4.78 is 42.9. The van der Waals surface area contributed by atoms with E-state index in [0.29, 0.717) is 0 Å². The summed E-state index contributed by atoms with van der Waals surface area (Å²) in [4.78, 5) is 10.7. The normalized spacial score (nSPS) is 11.6. The van der Waals surface area contributed by atoms with E-state index in [2.05, 4.69) is 4.74 Å². The van der Waals surface area contributed by atoms with E-state index in [4.69, 9.17) is 5.73 Å². The first-order valence-electron chi connectivity index (χ1n) is 5.38. The molecule has 19 heavy (non-hydrogen) atoms. The molecule has 0 radical (unpaired) electrons. The van der Waals surface area contributed by atoms with E-state index in [1.807, 2.05) is 0 Å². The van der Waals surface area contributed by atoms with Crippen molar-refractivity contribution in [3.05, 3.63) is 24.0 Å². The first-order valence-corrected chi connectivity index (χ1v) is 6.82. The van der Waals surface area contributed by atoms with Crippen molar-refractivity contribution < 1.29 is 22.3 Å². The fraction of sp³-hybridized carbons (Fsp3) is 0.364. The highest BCUT2D eigenvalue weighted by Crippen LogP contribution is 2.23. The Hall–Kier alpha value is -1.67. The minimum Gasteiger partial charge on any atom is -0.469 e. The van der Waals surface area contributed by atoms with Gasteiger partial charge in [-0.05, 0) is 12.1 Å². The lowest BCUT2D eigenvalue weighted by atomic mass is 10.3. The first-order chi connectivity index (χ1) is 8.80. The zero-order valence-corrected chi connectivity index (χ0v) is 11.4. The standard InChI is InChI=1S/C11H15FN2O4S/c1-14(7-6-10(15)18-2)19(16,17)9-5-3-4-8(12)11(9)13/h3-5H,6-7,13H2,1-2H3. The maximum absolute atomic E-state index is 13.3. The molecule has 1 aromatic rings. The summed E-state index contributed by atoms with van der Waals surface area (Å²) in [6, 6.07) is 3.54. The number of carbonyl (C=O) groups excluding carboxylic acids is 1. The maximum Gasteiger partial charge on any atom is 0.306 e. The Morgan fingerprint density at radius 3 is 2.68 bits per heavy atom. The summed E-state index contributed by atoms with van der Waals surface area (Å²) in [5.41, 5.74) is 4.98. The van der Waals surface area contributed by atoms with Gasteiger partial charge in [-0.2, -0.15) is 0 Å². The second-order valence-corrected chi connectivity index (χ2v) is 5.82. The van der Waals surface area contributed by atoms with Crippen molar-refractivity contribution in [1.29, 1.82) is 0 Å². The highest BCUT2D eigenvalue weighted by molar-refractivity contribution is 7.89. The third-order valence-electron chi connectivity index (χ3n) is 2.56. The van der Waals surface area contributed by atoms with Gasteiger partial charge in [0.2, 0.25) is 10.0 Å². The van der Waals surface area contributed by atoms with Crippen LogP contribution in [0.3, 0.4) is 0 Å². The van der Waals surface area contributed by atoms with Gasteiger partial charge in [0.1, 0.15) is 10.7 Å². The van der Waals surface area contributed by atoms with Crippen molar-refractivity contribution in [2.45, 2.75) is 11.3 Å². The maximum atomic E-state index is 13.3. The topological polar surface area (TPSA) is 89.7 Å². The van der Waals surface area contributed by atoms with Gasteiger partial charge in [0.05, 0.1) is 19.2 Å². The number of halogens is 1. The van der Waals surface area contributed by atoms with E-state index in [9.17, 15) is 17.6 Å². The molecule has 0 aromatic heterocycles. The van der Waals surface area contributed by atoms with Gasteiger partial charge in [-0.25, -0.2) is 17.1 Å². The minimum atomic E-state index is -3.94. The van der Waals surface area contributed by atoms with Crippen molar-refractivity contribution >= 4 is 21.7 Å². The highest BCUT2D eigenvalue weighted by Gasteiger charge is 2.25. The third kappa shape index (κ3) is 3.42. The molecule has 0 aliphatic heterocycles. The van der Waals surface area contributed by atoms with Crippen molar-refractivity contribution in [3.63, 3.8) is 0 Å². The Morgan fingerprint density at radius 1 is 1.47 bits per heavy atom. The molecule has 0 saturated heterocycles. The summed E-state index contributed by atoms with van der Waals surface area (Å²) >= 11 is 0. The molecule has 0 amide bonds. The molecule has 0 unspecified atom stereocenters. The predicted molar refractivity (Wildman–Crippen MR) is 67.3 cm³/mol. The Morgan fingerprint density at radius 2 is 2.11 bits per heavy atom. The third-order valence-corrected chi connectivity index (χ3v) is 4.47. The van der Waals surface area contributed by atoms with Crippen LogP contribution in [0.25, 0.3) is 0 Å². The van der Waals surface area contributed by atoms with Gasteiger partial charge in [0.15, 0.2) is 0 Å². The average molecular weight is 290 g/mol. The van der Waals surface area contributed by atoms with Gasteiger partial charge in [0, 0.05) is 13.6 Å². The highest BCUT2D eigenvalue weighted by atomic mass is 32.2. The molecule has 2 N–H and O–H groups in total. The molecule has 0 heterocycles. The van der Waals surface area contributed by atoms with E-state index >= 15 is 0 Å². The molecule has 0 aliphatic rings. The van der Waals surface area contributed by atoms with Crippen LogP contribution in [-0.2, 0) is 19.6 Å². The number of esters is 1. The molecule has 0 bridgehead atoms. The smallest absolute Gasteiger partial charge is 0.306 e. The van der Waals surface area contributed by atoms with Crippen LogP contribution in [0.4, 0.5) is 10.1 Å². The second kappa shape index (κ2) is 5.98. The Kier molecular flexibility index (Phi) is 4.84. The van der Waals surface area contributed by atoms with Crippen molar-refractivity contribution in [3.8, 4) is 0 Å². The zero-order chi connectivity index (χ0) is 14.6. The van der Waals surface area contributed by atoms with Crippen LogP contribution in [-0.4, -0.2) is 39.4 Å². The number of rotatable bonds is 5. The van der Waals surface area contributed by atoms with Crippen LogP contribution in [0, 0.1) is 5.82 Å². The number of sulfonamides is 1. The van der Waals surface area contributed by atoms with Gasteiger partial charge in [-0.1, -0.05) is 6.07 Å². The largest absolute Gasteiger partial charge is 0.469 e. The van der Waals surface area contributed by atoms with Crippen LogP contribution in [0.1, 0.15) is 6.42 Å².